The van der Waals surface area contributed by atoms with Gasteiger partial charge in [-0.2, -0.15) is 0 Å². The lowest BCUT2D eigenvalue weighted by atomic mass is 9.83. The summed E-state index contributed by atoms with van der Waals surface area (Å²) in [6.45, 7) is 0. The number of amides is 1. The van der Waals surface area contributed by atoms with Crippen LogP contribution in [0.3, 0.4) is 0 Å². The van der Waals surface area contributed by atoms with Gasteiger partial charge in [0.2, 0.25) is 0 Å². The molecule has 1 aromatic heterocycles. The predicted octanol–water partition coefficient (Wildman–Crippen LogP) is 2.30. The lowest BCUT2D eigenvalue weighted by molar-refractivity contribution is 0.0885. The van der Waals surface area contributed by atoms with E-state index in [-0.39, 0.29) is 11.4 Å². The van der Waals surface area contributed by atoms with Gasteiger partial charge in [-0.1, -0.05) is 35.2 Å². The quantitative estimate of drug-likeness (QED) is 0.871. The summed E-state index contributed by atoms with van der Waals surface area (Å²) in [5.41, 5.74) is 0.434. The molecule has 0 saturated heterocycles. The van der Waals surface area contributed by atoms with E-state index in [1.54, 1.807) is 12.4 Å². The maximum Gasteiger partial charge on any atom is 0.254 e. The first-order valence-corrected chi connectivity index (χ1v) is 7.01. The van der Waals surface area contributed by atoms with Gasteiger partial charge in [-0.3, -0.25) is 4.79 Å². The van der Waals surface area contributed by atoms with Crippen molar-refractivity contribution in [1.29, 1.82) is 0 Å². The Morgan fingerprint density at radius 3 is 2.53 bits per heavy atom. The van der Waals surface area contributed by atoms with Crippen LogP contribution in [0, 0.1) is 0 Å². The highest BCUT2D eigenvalue weighted by molar-refractivity contribution is 9.09. The van der Waals surface area contributed by atoms with Crippen LogP contribution in [0.15, 0.2) is 18.7 Å². The number of alkyl halides is 1. The molecule has 4 nitrogen and oxygen atoms in total. The summed E-state index contributed by atoms with van der Waals surface area (Å²) in [4.78, 5) is 19.8. The van der Waals surface area contributed by atoms with Gasteiger partial charge in [0, 0.05) is 17.7 Å². The summed E-state index contributed by atoms with van der Waals surface area (Å²) in [6.07, 6.45) is 10.2. The van der Waals surface area contributed by atoms with Crippen molar-refractivity contribution >= 4 is 21.8 Å². The molecule has 0 radical (unpaired) electrons. The number of carbonyl (C=O) groups is 1. The summed E-state index contributed by atoms with van der Waals surface area (Å²) in [6, 6.07) is 0. The maximum absolute atomic E-state index is 12.1. The molecule has 5 heteroatoms. The zero-order valence-corrected chi connectivity index (χ0v) is 11.2. The van der Waals surface area contributed by atoms with Crippen molar-refractivity contribution in [1.82, 2.24) is 15.3 Å². The van der Waals surface area contributed by atoms with Crippen molar-refractivity contribution in [3.8, 4) is 0 Å². The zero-order valence-electron chi connectivity index (χ0n) is 9.66. The minimum atomic E-state index is -0.0921. The summed E-state index contributed by atoms with van der Waals surface area (Å²) in [7, 11) is 0. The van der Waals surface area contributed by atoms with Gasteiger partial charge >= 0.3 is 0 Å². The van der Waals surface area contributed by atoms with Gasteiger partial charge < -0.3 is 5.32 Å². The second-order valence-corrected chi connectivity index (χ2v) is 5.12. The molecule has 1 aliphatic rings. The average Bonchev–Trinajstić information content (AvgIpc) is 2.41. The molecule has 0 unspecified atom stereocenters. The highest BCUT2D eigenvalue weighted by atomic mass is 79.9. The summed E-state index contributed by atoms with van der Waals surface area (Å²) in [5.74, 6) is -0.0769. The van der Waals surface area contributed by atoms with Crippen LogP contribution in [-0.2, 0) is 0 Å². The number of hydrogen-bond acceptors (Lipinski definition) is 3. The van der Waals surface area contributed by atoms with Crippen molar-refractivity contribution in [3.63, 3.8) is 0 Å². The van der Waals surface area contributed by atoms with Crippen LogP contribution in [0.4, 0.5) is 0 Å². The first kappa shape index (κ1) is 12.5. The minimum Gasteiger partial charge on any atom is -0.346 e. The Morgan fingerprint density at radius 1 is 1.29 bits per heavy atom. The van der Waals surface area contributed by atoms with E-state index in [0.29, 0.717) is 5.56 Å². The van der Waals surface area contributed by atoms with E-state index < -0.39 is 0 Å². The smallest absolute Gasteiger partial charge is 0.254 e. The predicted molar refractivity (Wildman–Crippen MR) is 69.1 cm³/mol. The van der Waals surface area contributed by atoms with Crippen LogP contribution in [0.25, 0.3) is 0 Å². The van der Waals surface area contributed by atoms with Crippen molar-refractivity contribution in [3.05, 3.63) is 24.3 Å². The molecule has 1 aromatic rings. The lowest BCUT2D eigenvalue weighted by Gasteiger charge is -2.36. The molecular weight excluding hydrogens is 282 g/mol. The van der Waals surface area contributed by atoms with Crippen LogP contribution in [0.1, 0.15) is 42.5 Å². The average molecular weight is 298 g/mol. The molecule has 1 amide bonds. The van der Waals surface area contributed by atoms with Crippen molar-refractivity contribution < 1.29 is 4.79 Å². The number of nitrogens with one attached hydrogen (secondary N) is 1. The Hall–Kier alpha value is -0.970. The van der Waals surface area contributed by atoms with Crippen LogP contribution >= 0.6 is 15.9 Å². The molecule has 0 bridgehead atoms. The fraction of sp³-hybridized carbons (Fsp3) is 0.583. The minimum absolute atomic E-state index is 0.0769. The number of aromatic nitrogens is 2. The molecule has 0 aliphatic heterocycles. The Bertz CT molecular complexity index is 377. The van der Waals surface area contributed by atoms with Crippen molar-refractivity contribution in [2.24, 2.45) is 0 Å². The van der Waals surface area contributed by atoms with Crippen LogP contribution < -0.4 is 5.32 Å². The SMILES string of the molecule is O=C(NC1(CBr)CCCCC1)c1cncnc1. The molecule has 1 fully saturated rings. The number of carbonyl (C=O) groups excluding carboxylic acids is 1. The summed E-state index contributed by atoms with van der Waals surface area (Å²) in [5, 5.41) is 3.94. The number of nitrogens with zero attached hydrogens (tertiary/aromatic N) is 2. The fourth-order valence-electron chi connectivity index (χ4n) is 2.25. The molecule has 1 heterocycles. The number of halogens is 1. The normalized spacial score (nSPS) is 18.6. The van der Waals surface area contributed by atoms with Crippen molar-refractivity contribution in [2.75, 3.05) is 5.33 Å². The summed E-state index contributed by atoms with van der Waals surface area (Å²) >= 11 is 3.52. The molecule has 1 aliphatic carbocycles. The zero-order chi connectivity index (χ0) is 12.1. The Balaban J connectivity index is 2.06. The Labute approximate surface area is 109 Å². The molecule has 92 valence electrons. The van der Waals surface area contributed by atoms with E-state index in [1.165, 1.54) is 25.6 Å². The van der Waals surface area contributed by atoms with Gasteiger partial charge in [-0.25, -0.2) is 9.97 Å². The fourth-order valence-corrected chi connectivity index (χ4v) is 2.95. The molecule has 0 aromatic carbocycles. The van der Waals surface area contributed by atoms with Gasteiger partial charge in [0.15, 0.2) is 0 Å². The molecule has 1 N–H and O–H groups in total. The molecule has 17 heavy (non-hydrogen) atoms. The highest BCUT2D eigenvalue weighted by Crippen LogP contribution is 2.30. The molecule has 0 atom stereocenters. The van der Waals surface area contributed by atoms with Gasteiger partial charge in [-0.15, -0.1) is 0 Å². The van der Waals surface area contributed by atoms with Gasteiger partial charge in [-0.05, 0) is 12.8 Å². The van der Waals surface area contributed by atoms with E-state index in [0.717, 1.165) is 18.2 Å². The Morgan fingerprint density at radius 2 is 1.94 bits per heavy atom. The van der Waals surface area contributed by atoms with E-state index in [1.807, 2.05) is 0 Å². The van der Waals surface area contributed by atoms with Gasteiger partial charge in [0.1, 0.15) is 6.33 Å². The second-order valence-electron chi connectivity index (χ2n) is 4.56. The first-order valence-electron chi connectivity index (χ1n) is 5.89. The Kier molecular flexibility index (Phi) is 4.10. The third-order valence-electron chi connectivity index (χ3n) is 3.27. The van der Waals surface area contributed by atoms with Crippen molar-refractivity contribution in [2.45, 2.75) is 37.6 Å². The number of hydrogen-bond donors (Lipinski definition) is 1. The third kappa shape index (κ3) is 3.03. The van der Waals surface area contributed by atoms with E-state index >= 15 is 0 Å². The molecule has 2 rings (SSSR count). The molecular formula is C12H16BrN3O. The third-order valence-corrected chi connectivity index (χ3v) is 4.34. The summed E-state index contributed by atoms with van der Waals surface area (Å²) < 4.78 is 0. The van der Waals surface area contributed by atoms with E-state index in [4.69, 9.17) is 0 Å². The topological polar surface area (TPSA) is 54.9 Å². The van der Waals surface area contributed by atoms with Crippen LogP contribution in [0.5, 0.6) is 0 Å². The standard InChI is InChI=1S/C12H16BrN3O/c13-8-12(4-2-1-3-5-12)16-11(17)10-6-14-9-15-7-10/h6-7,9H,1-5,8H2,(H,16,17). The highest BCUT2D eigenvalue weighted by Gasteiger charge is 2.32. The van der Waals surface area contributed by atoms with E-state index in [9.17, 15) is 4.79 Å². The lowest BCUT2D eigenvalue weighted by Crippen LogP contribution is -2.51. The molecule has 1 saturated carbocycles. The maximum atomic E-state index is 12.1. The largest absolute Gasteiger partial charge is 0.346 e. The number of rotatable bonds is 3. The second kappa shape index (κ2) is 5.58. The van der Waals surface area contributed by atoms with Gasteiger partial charge in [0.05, 0.1) is 11.1 Å². The van der Waals surface area contributed by atoms with Gasteiger partial charge in [0.25, 0.3) is 5.91 Å². The first-order chi connectivity index (χ1) is 8.26. The van der Waals surface area contributed by atoms with E-state index in [2.05, 4.69) is 31.2 Å². The monoisotopic (exact) mass is 297 g/mol. The van der Waals surface area contributed by atoms with Crippen LogP contribution in [-0.4, -0.2) is 26.7 Å². The van der Waals surface area contributed by atoms with Crippen LogP contribution in [0.2, 0.25) is 0 Å². The molecule has 0 spiro atoms.